The second kappa shape index (κ2) is 4.86. The van der Waals surface area contributed by atoms with Crippen molar-refractivity contribution in [3.05, 3.63) is 46.0 Å². The van der Waals surface area contributed by atoms with Crippen LogP contribution in [-0.4, -0.2) is 22.0 Å². The highest BCUT2D eigenvalue weighted by molar-refractivity contribution is 5.99. The van der Waals surface area contributed by atoms with Crippen LogP contribution in [-0.2, 0) is 4.79 Å². The summed E-state index contributed by atoms with van der Waals surface area (Å²) >= 11 is 0. The van der Waals surface area contributed by atoms with E-state index in [-0.39, 0.29) is 11.6 Å². The third-order valence-corrected chi connectivity index (χ3v) is 1.90. The first-order valence-corrected chi connectivity index (χ1v) is 4.48. The Kier molecular flexibility index (Phi) is 3.70. The van der Waals surface area contributed by atoms with Crippen molar-refractivity contribution in [1.82, 2.24) is 0 Å². The van der Waals surface area contributed by atoms with Crippen LogP contribution in [0.4, 0.5) is 18.9 Å². The van der Waals surface area contributed by atoms with Gasteiger partial charge in [0.15, 0.2) is 0 Å². The first-order valence-electron chi connectivity index (χ1n) is 4.48. The fraction of sp³-hybridized carbons (Fsp3) is 0.100. The van der Waals surface area contributed by atoms with Crippen molar-refractivity contribution in [3.63, 3.8) is 0 Å². The van der Waals surface area contributed by atoms with Gasteiger partial charge in [-0.1, -0.05) is 12.1 Å². The molecule has 0 aliphatic carbocycles. The molecular weight excluding hydrogens is 255 g/mol. The predicted octanol–water partition coefficient (Wildman–Crippen LogP) is 2.63. The first-order chi connectivity index (χ1) is 8.21. The van der Waals surface area contributed by atoms with Crippen LogP contribution in [0, 0.1) is 10.1 Å². The van der Waals surface area contributed by atoms with Crippen LogP contribution in [0.3, 0.4) is 0 Å². The highest BCUT2D eigenvalue weighted by Crippen LogP contribution is 2.22. The van der Waals surface area contributed by atoms with Crippen molar-refractivity contribution in [1.29, 1.82) is 0 Å². The number of ketones is 1. The molecule has 0 atom stereocenters. The Balaban J connectivity index is 3.08. The molecule has 1 aromatic rings. The molecule has 0 unspecified atom stereocenters. The van der Waals surface area contributed by atoms with Crippen LogP contribution in [0.2, 0.25) is 0 Å². The molecule has 96 valence electrons. The number of nitro groups is 1. The first kappa shape index (κ1) is 13.7. The van der Waals surface area contributed by atoms with Gasteiger partial charge in [0.25, 0.3) is 11.5 Å². The van der Waals surface area contributed by atoms with Gasteiger partial charge in [-0.25, -0.2) is 0 Å². The molecule has 0 amide bonds. The van der Waals surface area contributed by atoms with E-state index in [1.165, 1.54) is 6.07 Å². The van der Waals surface area contributed by atoms with Gasteiger partial charge in [-0.2, -0.15) is 13.2 Å². The highest BCUT2D eigenvalue weighted by atomic mass is 19.4. The maximum absolute atomic E-state index is 11.9. The average molecular weight is 261 g/mol. The van der Waals surface area contributed by atoms with Crippen molar-refractivity contribution < 1.29 is 28.0 Å². The number of allylic oxidation sites excluding steroid dienone is 1. The summed E-state index contributed by atoms with van der Waals surface area (Å²) in [4.78, 5) is 20.2. The third kappa shape index (κ3) is 3.30. The molecule has 0 aliphatic heterocycles. The van der Waals surface area contributed by atoms with Crippen molar-refractivity contribution >= 4 is 17.2 Å². The lowest BCUT2D eigenvalue weighted by atomic mass is 10.1. The van der Waals surface area contributed by atoms with Gasteiger partial charge in [0.05, 0.1) is 4.92 Å². The van der Waals surface area contributed by atoms with Gasteiger partial charge < -0.3 is 5.11 Å². The predicted molar refractivity (Wildman–Crippen MR) is 54.8 cm³/mol. The zero-order valence-electron chi connectivity index (χ0n) is 8.64. The SMILES string of the molecule is O=C(C=C(O)c1cccc([N+](=O)[O-])c1)C(F)(F)F. The van der Waals surface area contributed by atoms with Crippen molar-refractivity contribution in [2.45, 2.75) is 6.18 Å². The summed E-state index contributed by atoms with van der Waals surface area (Å²) in [6.45, 7) is 0. The molecule has 0 aromatic heterocycles. The maximum atomic E-state index is 11.9. The number of carbonyl (C=O) groups excluding carboxylic acids is 1. The Morgan fingerprint density at radius 2 is 2.00 bits per heavy atom. The van der Waals surface area contributed by atoms with E-state index >= 15 is 0 Å². The second-order valence-corrected chi connectivity index (χ2v) is 3.20. The number of halogens is 3. The zero-order chi connectivity index (χ0) is 13.9. The number of hydrogen-bond donors (Lipinski definition) is 1. The number of nitrogens with zero attached hydrogens (tertiary/aromatic N) is 1. The highest BCUT2D eigenvalue weighted by Gasteiger charge is 2.37. The van der Waals surface area contributed by atoms with E-state index in [2.05, 4.69) is 0 Å². The van der Waals surface area contributed by atoms with Crippen molar-refractivity contribution in [3.8, 4) is 0 Å². The summed E-state index contributed by atoms with van der Waals surface area (Å²) in [5.74, 6) is -3.23. The van der Waals surface area contributed by atoms with Crippen LogP contribution in [0.15, 0.2) is 30.3 Å². The Morgan fingerprint density at radius 3 is 2.50 bits per heavy atom. The molecule has 1 N–H and O–H groups in total. The molecule has 0 saturated carbocycles. The molecule has 18 heavy (non-hydrogen) atoms. The normalized spacial score (nSPS) is 12.3. The van der Waals surface area contributed by atoms with Crippen molar-refractivity contribution in [2.75, 3.05) is 0 Å². The largest absolute Gasteiger partial charge is 0.507 e. The standard InChI is InChI=1S/C10H6F3NO4/c11-10(12,13)9(16)5-8(15)6-2-1-3-7(4-6)14(17)18/h1-5,15H. The fourth-order valence-corrected chi connectivity index (χ4v) is 1.07. The number of benzene rings is 1. The number of aliphatic hydroxyl groups is 1. The molecule has 1 aromatic carbocycles. The lowest BCUT2D eigenvalue weighted by Gasteiger charge is -2.02. The van der Waals surface area contributed by atoms with Gasteiger partial charge in [-0.15, -0.1) is 0 Å². The lowest BCUT2D eigenvalue weighted by molar-refractivity contribution is -0.384. The third-order valence-electron chi connectivity index (χ3n) is 1.90. The molecule has 0 bridgehead atoms. The molecule has 5 nitrogen and oxygen atoms in total. The Labute approximate surface area is 98.3 Å². The summed E-state index contributed by atoms with van der Waals surface area (Å²) in [7, 11) is 0. The van der Waals surface area contributed by atoms with E-state index in [0.717, 1.165) is 18.2 Å². The van der Waals surface area contributed by atoms with Crippen molar-refractivity contribution in [2.24, 2.45) is 0 Å². The number of non-ortho nitro benzene ring substituents is 1. The van der Waals surface area contributed by atoms with Gasteiger partial charge in [-0.05, 0) is 0 Å². The van der Waals surface area contributed by atoms with Gasteiger partial charge >= 0.3 is 6.18 Å². The van der Waals surface area contributed by atoms with Gasteiger partial charge in [0.1, 0.15) is 5.76 Å². The fourth-order valence-electron chi connectivity index (χ4n) is 1.07. The summed E-state index contributed by atoms with van der Waals surface area (Å²) in [5, 5.41) is 19.7. The van der Waals surface area contributed by atoms with Crippen LogP contribution in [0.5, 0.6) is 0 Å². The number of alkyl halides is 3. The van der Waals surface area contributed by atoms with Crippen LogP contribution in [0.25, 0.3) is 5.76 Å². The summed E-state index contributed by atoms with van der Waals surface area (Å²) in [6, 6.07) is 4.27. The number of aliphatic hydroxyl groups excluding tert-OH is 1. The van der Waals surface area contributed by atoms with E-state index in [1.54, 1.807) is 0 Å². The van der Waals surface area contributed by atoms with E-state index in [4.69, 9.17) is 0 Å². The molecule has 0 fully saturated rings. The number of nitro benzene ring substituents is 1. The minimum absolute atomic E-state index is 0.0287. The smallest absolute Gasteiger partial charge is 0.454 e. The van der Waals surface area contributed by atoms with E-state index in [0.29, 0.717) is 0 Å². The minimum Gasteiger partial charge on any atom is -0.507 e. The van der Waals surface area contributed by atoms with Crippen LogP contribution in [0.1, 0.15) is 5.56 Å². The van der Waals surface area contributed by atoms with Gasteiger partial charge in [-0.3, -0.25) is 14.9 Å². The molecule has 0 radical (unpaired) electrons. The lowest BCUT2D eigenvalue weighted by Crippen LogP contribution is -2.20. The van der Waals surface area contributed by atoms with E-state index in [1.807, 2.05) is 0 Å². The quantitative estimate of drug-likeness (QED) is 0.392. The monoisotopic (exact) mass is 261 g/mol. The van der Waals surface area contributed by atoms with Gasteiger partial charge in [0, 0.05) is 23.8 Å². The number of hydrogen-bond acceptors (Lipinski definition) is 4. The Bertz CT molecular complexity index is 522. The molecular formula is C10H6F3NO4. The zero-order valence-corrected chi connectivity index (χ0v) is 8.64. The molecule has 1 rings (SSSR count). The molecule has 8 heteroatoms. The van der Waals surface area contributed by atoms with Crippen LogP contribution < -0.4 is 0 Å². The van der Waals surface area contributed by atoms with E-state index < -0.39 is 28.3 Å². The average Bonchev–Trinajstić information content (AvgIpc) is 2.27. The molecule has 0 spiro atoms. The summed E-state index contributed by atoms with van der Waals surface area (Å²) in [6.07, 6.45) is -5.13. The van der Waals surface area contributed by atoms with E-state index in [9.17, 15) is 33.2 Å². The topological polar surface area (TPSA) is 80.4 Å². The summed E-state index contributed by atoms with van der Waals surface area (Å²) < 4.78 is 35.8. The number of carbonyl (C=O) groups is 1. The second-order valence-electron chi connectivity index (χ2n) is 3.20. The Morgan fingerprint density at radius 1 is 1.39 bits per heavy atom. The Hall–Kier alpha value is -2.38. The van der Waals surface area contributed by atoms with Crippen LogP contribution >= 0.6 is 0 Å². The number of rotatable bonds is 3. The molecule has 0 aliphatic rings. The minimum atomic E-state index is -5.10. The molecule has 0 heterocycles. The van der Waals surface area contributed by atoms with Gasteiger partial charge in [0.2, 0.25) is 0 Å². The summed E-state index contributed by atoms with van der Waals surface area (Å²) in [5.41, 5.74) is -0.659. The molecule has 0 saturated heterocycles. The maximum Gasteiger partial charge on any atom is 0.454 e.